The highest BCUT2D eigenvalue weighted by molar-refractivity contribution is 7.86. The first-order chi connectivity index (χ1) is 15.4. The van der Waals surface area contributed by atoms with Gasteiger partial charge in [0.1, 0.15) is 18.1 Å². The highest BCUT2D eigenvalue weighted by Crippen LogP contribution is 2.51. The zero-order chi connectivity index (χ0) is 23.8. The molecule has 4 atom stereocenters. The summed E-state index contributed by atoms with van der Waals surface area (Å²) in [5.74, 6) is -0.958. The van der Waals surface area contributed by atoms with E-state index in [2.05, 4.69) is 9.97 Å². The Balaban J connectivity index is 1.55. The van der Waals surface area contributed by atoms with E-state index in [1.54, 1.807) is 45.9 Å². The molecule has 33 heavy (non-hydrogen) atoms. The smallest absolute Gasteiger partial charge is 0.299 e. The van der Waals surface area contributed by atoms with Crippen molar-refractivity contribution >= 4 is 21.2 Å². The fourth-order valence-corrected chi connectivity index (χ4v) is 6.03. The van der Waals surface area contributed by atoms with E-state index < -0.39 is 40.1 Å². The maximum Gasteiger partial charge on any atom is 0.299 e. The van der Waals surface area contributed by atoms with Crippen molar-refractivity contribution in [3.05, 3.63) is 53.6 Å². The van der Waals surface area contributed by atoms with Crippen LogP contribution in [-0.2, 0) is 28.5 Å². The molecule has 2 aliphatic rings. The second-order valence-electron chi connectivity index (χ2n) is 9.32. The molecule has 9 nitrogen and oxygen atoms in total. The van der Waals surface area contributed by atoms with Gasteiger partial charge in [-0.1, -0.05) is 17.7 Å². The standard InChI is InChI=1S/C23H27N3O6S/c1-13-7-8-17(14(2)11-13)33(27,28)31-21-23(6)18(30-22(4,5)32-23)20(29-21)26-10-9-16-15(3)24-12-25-19(16)26/h7-12,18,20-21H,1-6H3/t18-,20+,21+,23+/m0/s1. The molecule has 2 aromatic heterocycles. The maximum atomic E-state index is 13.2. The van der Waals surface area contributed by atoms with Crippen LogP contribution in [-0.4, -0.2) is 46.7 Å². The Bertz CT molecular complexity index is 1350. The average molecular weight is 474 g/mol. The highest BCUT2D eigenvalue weighted by atomic mass is 32.2. The lowest BCUT2D eigenvalue weighted by Gasteiger charge is -2.28. The molecular weight excluding hydrogens is 446 g/mol. The first-order valence-electron chi connectivity index (χ1n) is 10.7. The van der Waals surface area contributed by atoms with Gasteiger partial charge in [0, 0.05) is 11.6 Å². The van der Waals surface area contributed by atoms with E-state index in [1.165, 1.54) is 6.33 Å². The molecule has 2 aliphatic heterocycles. The molecule has 0 amide bonds. The number of fused-ring (bicyclic) bond motifs is 2. The van der Waals surface area contributed by atoms with Gasteiger partial charge in [-0.05, 0) is 59.2 Å². The third kappa shape index (κ3) is 3.57. The van der Waals surface area contributed by atoms with E-state index in [0.717, 1.165) is 16.6 Å². The van der Waals surface area contributed by atoms with Gasteiger partial charge in [-0.15, -0.1) is 0 Å². The number of nitrogens with zero attached hydrogens (tertiary/aromatic N) is 3. The topological polar surface area (TPSA) is 102 Å². The lowest BCUT2D eigenvalue weighted by Crippen LogP contribution is -2.45. The summed E-state index contributed by atoms with van der Waals surface area (Å²) >= 11 is 0. The third-order valence-electron chi connectivity index (χ3n) is 6.23. The number of hydrogen-bond donors (Lipinski definition) is 0. The van der Waals surface area contributed by atoms with Crippen LogP contribution in [0, 0.1) is 20.8 Å². The summed E-state index contributed by atoms with van der Waals surface area (Å²) in [6.07, 6.45) is 0.713. The van der Waals surface area contributed by atoms with Crippen LogP contribution >= 0.6 is 0 Å². The van der Waals surface area contributed by atoms with Crippen molar-refractivity contribution < 1.29 is 26.8 Å². The van der Waals surface area contributed by atoms with Gasteiger partial charge in [-0.25, -0.2) is 14.2 Å². The van der Waals surface area contributed by atoms with E-state index in [0.29, 0.717) is 11.2 Å². The Labute approximate surface area is 192 Å². The van der Waals surface area contributed by atoms with E-state index in [9.17, 15) is 8.42 Å². The predicted octanol–water partition coefficient (Wildman–Crippen LogP) is 3.53. The summed E-state index contributed by atoms with van der Waals surface area (Å²) in [6.45, 7) is 10.8. The minimum atomic E-state index is -4.14. The van der Waals surface area contributed by atoms with Gasteiger partial charge < -0.3 is 18.8 Å². The van der Waals surface area contributed by atoms with Crippen molar-refractivity contribution in [2.24, 2.45) is 0 Å². The quantitative estimate of drug-likeness (QED) is 0.531. The molecule has 1 aromatic carbocycles. The van der Waals surface area contributed by atoms with Crippen molar-refractivity contribution in [2.45, 2.75) is 76.4 Å². The summed E-state index contributed by atoms with van der Waals surface area (Å²) in [4.78, 5) is 8.73. The zero-order valence-electron chi connectivity index (χ0n) is 19.4. The van der Waals surface area contributed by atoms with Crippen LogP contribution in [0.1, 0.15) is 43.8 Å². The minimum absolute atomic E-state index is 0.0910. The maximum absolute atomic E-state index is 13.2. The molecule has 0 spiro atoms. The predicted molar refractivity (Wildman–Crippen MR) is 119 cm³/mol. The van der Waals surface area contributed by atoms with Gasteiger partial charge in [-0.3, -0.25) is 0 Å². The number of benzene rings is 1. The number of ether oxygens (including phenoxy) is 3. The van der Waals surface area contributed by atoms with E-state index in [1.807, 2.05) is 30.7 Å². The molecule has 3 aromatic rings. The van der Waals surface area contributed by atoms with Gasteiger partial charge in [-0.2, -0.15) is 8.42 Å². The molecule has 2 fully saturated rings. The SMILES string of the molecule is Cc1ccc(S(=O)(=O)O[C@H]2O[C@@H](n3ccc4c(C)ncnc43)[C@@H]3OC(C)(C)O[C@@]23C)c(C)c1. The van der Waals surface area contributed by atoms with Crippen molar-refractivity contribution in [3.63, 3.8) is 0 Å². The first-order valence-corrected chi connectivity index (χ1v) is 12.1. The third-order valence-corrected chi connectivity index (χ3v) is 7.65. The molecule has 0 N–H and O–H groups in total. The largest absolute Gasteiger partial charge is 0.339 e. The summed E-state index contributed by atoms with van der Waals surface area (Å²) in [5.41, 5.74) is 1.86. The average Bonchev–Trinajstić information content (AvgIpc) is 3.30. The van der Waals surface area contributed by atoms with Gasteiger partial charge in [0.05, 0.1) is 10.6 Å². The van der Waals surface area contributed by atoms with Crippen LogP contribution in [0.4, 0.5) is 0 Å². The number of hydrogen-bond acceptors (Lipinski definition) is 8. The van der Waals surface area contributed by atoms with Gasteiger partial charge >= 0.3 is 0 Å². The summed E-state index contributed by atoms with van der Waals surface area (Å²) in [6, 6.07) is 6.97. The molecule has 2 saturated heterocycles. The molecule has 10 heteroatoms. The fourth-order valence-electron chi connectivity index (χ4n) is 4.77. The normalized spacial score (nSPS) is 29.0. The van der Waals surface area contributed by atoms with Gasteiger partial charge in [0.15, 0.2) is 17.6 Å². The summed E-state index contributed by atoms with van der Waals surface area (Å²) < 4.78 is 52.5. The highest BCUT2D eigenvalue weighted by Gasteiger charge is 2.66. The van der Waals surface area contributed by atoms with Crippen molar-refractivity contribution in [1.82, 2.24) is 14.5 Å². The van der Waals surface area contributed by atoms with Crippen LogP contribution < -0.4 is 0 Å². The number of aromatic nitrogens is 3. The van der Waals surface area contributed by atoms with Crippen LogP contribution in [0.15, 0.2) is 41.7 Å². The monoisotopic (exact) mass is 473 g/mol. The second-order valence-corrected chi connectivity index (χ2v) is 10.9. The molecule has 0 radical (unpaired) electrons. The lowest BCUT2D eigenvalue weighted by atomic mass is 10.0. The first kappa shape index (κ1) is 22.4. The Hall–Kier alpha value is -2.37. The van der Waals surface area contributed by atoms with Crippen LogP contribution in [0.25, 0.3) is 11.0 Å². The second kappa shape index (κ2) is 7.31. The van der Waals surface area contributed by atoms with Crippen molar-refractivity contribution in [3.8, 4) is 0 Å². The number of aryl methyl sites for hydroxylation is 3. The molecule has 176 valence electrons. The Kier molecular flexibility index (Phi) is 4.97. The van der Waals surface area contributed by atoms with Gasteiger partial charge in [0.2, 0.25) is 6.29 Å². The Morgan fingerprint density at radius 3 is 2.58 bits per heavy atom. The van der Waals surface area contributed by atoms with E-state index in [-0.39, 0.29) is 4.90 Å². The van der Waals surface area contributed by atoms with E-state index >= 15 is 0 Å². The van der Waals surface area contributed by atoms with Crippen LogP contribution in [0.2, 0.25) is 0 Å². The minimum Gasteiger partial charge on any atom is -0.339 e. The molecule has 4 heterocycles. The molecule has 0 unspecified atom stereocenters. The molecule has 0 aliphatic carbocycles. The lowest BCUT2D eigenvalue weighted by molar-refractivity contribution is -0.241. The fraction of sp³-hybridized carbons (Fsp3) is 0.478. The van der Waals surface area contributed by atoms with Crippen molar-refractivity contribution in [1.29, 1.82) is 0 Å². The molecule has 5 rings (SSSR count). The van der Waals surface area contributed by atoms with Gasteiger partial charge in [0.25, 0.3) is 10.1 Å². The van der Waals surface area contributed by atoms with Crippen LogP contribution in [0.3, 0.4) is 0 Å². The molecule has 0 bridgehead atoms. The summed E-state index contributed by atoms with van der Waals surface area (Å²) in [7, 11) is -4.14. The van der Waals surface area contributed by atoms with E-state index in [4.69, 9.17) is 18.4 Å². The van der Waals surface area contributed by atoms with Crippen molar-refractivity contribution in [2.75, 3.05) is 0 Å². The Morgan fingerprint density at radius 2 is 1.85 bits per heavy atom. The molecular formula is C23H27N3O6S. The number of rotatable bonds is 4. The summed E-state index contributed by atoms with van der Waals surface area (Å²) in [5, 5.41) is 0.869. The zero-order valence-corrected chi connectivity index (χ0v) is 20.2. The van der Waals surface area contributed by atoms with Crippen LogP contribution in [0.5, 0.6) is 0 Å². The molecule has 0 saturated carbocycles. The Morgan fingerprint density at radius 1 is 1.09 bits per heavy atom.